The summed E-state index contributed by atoms with van der Waals surface area (Å²) < 4.78 is 0. The summed E-state index contributed by atoms with van der Waals surface area (Å²) in [5.41, 5.74) is 4.82. The van der Waals surface area contributed by atoms with E-state index < -0.39 is 0 Å². The van der Waals surface area contributed by atoms with Gasteiger partial charge in [-0.1, -0.05) is 24.3 Å². The van der Waals surface area contributed by atoms with Crippen molar-refractivity contribution >= 4 is 22.4 Å². The predicted octanol–water partition coefficient (Wildman–Crippen LogP) is 3.30. The van der Waals surface area contributed by atoms with E-state index in [1.54, 1.807) is 0 Å². The number of benzene rings is 1. The van der Waals surface area contributed by atoms with Crippen LogP contribution in [0.3, 0.4) is 0 Å². The molecule has 2 aromatic heterocycles. The standard InChI is InChI=1S/C17H17N5OS/c1-10-5-2-3-6-11(10)14-9-24-17(18-14)19-16(23)12-7-4-8-13-15(12)21-22-20-13/h2-3,5-6,9,12H,4,7-8H2,1H3,(H,18,19,23)(H,20,21,22). The van der Waals surface area contributed by atoms with Gasteiger partial charge in [-0.25, -0.2) is 4.98 Å². The van der Waals surface area contributed by atoms with Gasteiger partial charge >= 0.3 is 0 Å². The van der Waals surface area contributed by atoms with Crippen LogP contribution in [0.1, 0.15) is 35.7 Å². The maximum absolute atomic E-state index is 12.6. The first-order chi connectivity index (χ1) is 11.7. The number of thiazole rings is 1. The highest BCUT2D eigenvalue weighted by molar-refractivity contribution is 7.14. The van der Waals surface area contributed by atoms with Crippen LogP contribution in [0.5, 0.6) is 0 Å². The number of aryl methyl sites for hydroxylation is 2. The van der Waals surface area contributed by atoms with Crippen molar-refractivity contribution in [3.05, 3.63) is 46.6 Å². The number of hydrogen-bond donors (Lipinski definition) is 2. The Kier molecular flexibility index (Phi) is 3.86. The maximum Gasteiger partial charge on any atom is 0.235 e. The largest absolute Gasteiger partial charge is 0.301 e. The van der Waals surface area contributed by atoms with Crippen LogP contribution in [-0.4, -0.2) is 26.3 Å². The van der Waals surface area contributed by atoms with Crippen molar-refractivity contribution in [1.82, 2.24) is 20.4 Å². The van der Waals surface area contributed by atoms with Gasteiger partial charge in [0.05, 0.1) is 23.0 Å². The lowest BCUT2D eigenvalue weighted by Crippen LogP contribution is -2.24. The van der Waals surface area contributed by atoms with Crippen LogP contribution in [0, 0.1) is 6.92 Å². The molecule has 0 saturated carbocycles. The SMILES string of the molecule is Cc1ccccc1-c1csc(NC(=O)C2CCCc3n[nH]nc32)n1. The molecular formula is C17H17N5OS. The first kappa shape index (κ1) is 15.0. The minimum Gasteiger partial charge on any atom is -0.301 e. The van der Waals surface area contributed by atoms with Crippen molar-refractivity contribution in [2.45, 2.75) is 32.1 Å². The van der Waals surface area contributed by atoms with E-state index in [4.69, 9.17) is 0 Å². The summed E-state index contributed by atoms with van der Waals surface area (Å²) >= 11 is 1.44. The Bertz CT molecular complexity index is 885. The number of hydrogen-bond acceptors (Lipinski definition) is 5. The zero-order chi connectivity index (χ0) is 16.5. The van der Waals surface area contributed by atoms with Crippen LogP contribution < -0.4 is 5.32 Å². The van der Waals surface area contributed by atoms with Gasteiger partial charge in [-0.05, 0) is 31.7 Å². The molecule has 0 spiro atoms. The molecule has 0 aliphatic heterocycles. The Balaban J connectivity index is 1.53. The highest BCUT2D eigenvalue weighted by Gasteiger charge is 2.30. The minimum atomic E-state index is -0.252. The third-order valence-electron chi connectivity index (χ3n) is 4.36. The second-order valence-corrected chi connectivity index (χ2v) is 6.80. The second-order valence-electron chi connectivity index (χ2n) is 5.94. The Morgan fingerprint density at radius 3 is 3.08 bits per heavy atom. The normalized spacial score (nSPS) is 16.6. The van der Waals surface area contributed by atoms with Crippen LogP contribution in [0.2, 0.25) is 0 Å². The molecule has 24 heavy (non-hydrogen) atoms. The van der Waals surface area contributed by atoms with E-state index in [2.05, 4.69) is 38.7 Å². The molecule has 2 heterocycles. The fraction of sp³-hybridized carbons (Fsp3) is 0.294. The van der Waals surface area contributed by atoms with Gasteiger partial charge in [-0.3, -0.25) is 4.79 Å². The maximum atomic E-state index is 12.6. The van der Waals surface area contributed by atoms with Gasteiger partial charge in [0.1, 0.15) is 0 Å². The smallest absolute Gasteiger partial charge is 0.235 e. The summed E-state index contributed by atoms with van der Waals surface area (Å²) in [7, 11) is 0. The first-order valence-electron chi connectivity index (χ1n) is 7.94. The molecule has 1 aliphatic carbocycles. The van der Waals surface area contributed by atoms with Crippen LogP contribution in [-0.2, 0) is 11.2 Å². The molecule has 1 aliphatic rings. The molecule has 1 unspecified atom stereocenters. The number of fused-ring (bicyclic) bond motifs is 1. The van der Waals surface area contributed by atoms with Crippen LogP contribution in [0.25, 0.3) is 11.3 Å². The molecule has 4 rings (SSSR count). The molecule has 0 saturated heterocycles. The minimum absolute atomic E-state index is 0.0597. The quantitative estimate of drug-likeness (QED) is 0.767. The summed E-state index contributed by atoms with van der Waals surface area (Å²) in [6.07, 6.45) is 2.62. The lowest BCUT2D eigenvalue weighted by atomic mass is 9.89. The number of aromatic nitrogens is 4. The fourth-order valence-electron chi connectivity index (χ4n) is 3.10. The summed E-state index contributed by atoms with van der Waals surface area (Å²) in [4.78, 5) is 17.2. The molecule has 0 bridgehead atoms. The lowest BCUT2D eigenvalue weighted by Gasteiger charge is -2.18. The summed E-state index contributed by atoms with van der Waals surface area (Å²) in [5.74, 6) is -0.311. The van der Waals surface area contributed by atoms with Crippen molar-refractivity contribution in [2.75, 3.05) is 5.32 Å². The first-order valence-corrected chi connectivity index (χ1v) is 8.82. The van der Waals surface area contributed by atoms with E-state index in [9.17, 15) is 4.79 Å². The third-order valence-corrected chi connectivity index (χ3v) is 5.12. The Labute approximate surface area is 143 Å². The fourth-order valence-corrected chi connectivity index (χ4v) is 3.81. The van der Waals surface area contributed by atoms with Crippen LogP contribution >= 0.6 is 11.3 Å². The number of anilines is 1. The zero-order valence-electron chi connectivity index (χ0n) is 13.2. The van der Waals surface area contributed by atoms with Crippen molar-refractivity contribution < 1.29 is 4.79 Å². The van der Waals surface area contributed by atoms with Crippen LogP contribution in [0.4, 0.5) is 5.13 Å². The summed E-state index contributed by atoms with van der Waals surface area (Å²) in [5, 5.41) is 16.4. The van der Waals surface area contributed by atoms with E-state index in [-0.39, 0.29) is 11.8 Å². The van der Waals surface area contributed by atoms with E-state index in [0.717, 1.165) is 41.9 Å². The molecule has 0 fully saturated rings. The molecule has 1 aromatic carbocycles. The summed E-state index contributed by atoms with van der Waals surface area (Å²) in [6.45, 7) is 2.06. The number of rotatable bonds is 3. The topological polar surface area (TPSA) is 83.6 Å². The predicted molar refractivity (Wildman–Crippen MR) is 93.0 cm³/mol. The van der Waals surface area contributed by atoms with Gasteiger partial charge in [0.15, 0.2) is 5.13 Å². The molecule has 1 amide bonds. The zero-order valence-corrected chi connectivity index (χ0v) is 14.1. The number of carbonyl (C=O) groups excluding carboxylic acids is 1. The monoisotopic (exact) mass is 339 g/mol. The van der Waals surface area contributed by atoms with E-state index >= 15 is 0 Å². The Hall–Kier alpha value is -2.54. The molecule has 3 aromatic rings. The van der Waals surface area contributed by atoms with Crippen molar-refractivity contribution in [3.8, 4) is 11.3 Å². The van der Waals surface area contributed by atoms with Gasteiger partial charge in [0.2, 0.25) is 5.91 Å². The molecule has 122 valence electrons. The molecule has 6 nitrogen and oxygen atoms in total. The average Bonchev–Trinajstić information content (AvgIpc) is 3.24. The van der Waals surface area contributed by atoms with Gasteiger partial charge in [0.25, 0.3) is 0 Å². The summed E-state index contributed by atoms with van der Waals surface area (Å²) in [6, 6.07) is 8.10. The molecule has 1 atom stereocenters. The molecule has 7 heteroatoms. The third kappa shape index (κ3) is 2.71. The average molecular weight is 339 g/mol. The second kappa shape index (κ2) is 6.16. The van der Waals surface area contributed by atoms with Gasteiger partial charge in [-0.2, -0.15) is 15.4 Å². The number of carbonyl (C=O) groups is 1. The highest BCUT2D eigenvalue weighted by Crippen LogP contribution is 2.31. The van der Waals surface area contributed by atoms with E-state index in [0.29, 0.717) is 5.13 Å². The number of H-pyrrole nitrogens is 1. The van der Waals surface area contributed by atoms with Crippen molar-refractivity contribution in [3.63, 3.8) is 0 Å². The number of aromatic amines is 1. The van der Waals surface area contributed by atoms with Crippen molar-refractivity contribution in [1.29, 1.82) is 0 Å². The van der Waals surface area contributed by atoms with Gasteiger partial charge in [0, 0.05) is 10.9 Å². The van der Waals surface area contributed by atoms with E-state index in [1.807, 2.05) is 23.6 Å². The molecule has 0 radical (unpaired) electrons. The van der Waals surface area contributed by atoms with E-state index in [1.165, 1.54) is 16.9 Å². The van der Waals surface area contributed by atoms with Gasteiger partial charge < -0.3 is 5.32 Å². The molecular weight excluding hydrogens is 322 g/mol. The number of amides is 1. The number of nitrogens with zero attached hydrogens (tertiary/aromatic N) is 3. The van der Waals surface area contributed by atoms with Crippen LogP contribution in [0.15, 0.2) is 29.6 Å². The Morgan fingerprint density at radius 1 is 1.33 bits per heavy atom. The lowest BCUT2D eigenvalue weighted by molar-refractivity contribution is -0.118. The highest BCUT2D eigenvalue weighted by atomic mass is 32.1. The number of nitrogens with one attached hydrogen (secondary N) is 2. The Morgan fingerprint density at radius 2 is 2.21 bits per heavy atom. The molecule has 2 N–H and O–H groups in total. The van der Waals surface area contributed by atoms with Crippen molar-refractivity contribution in [2.24, 2.45) is 0 Å². The van der Waals surface area contributed by atoms with Gasteiger partial charge in [-0.15, -0.1) is 11.3 Å².